The number of rotatable bonds is 7. The predicted molar refractivity (Wildman–Crippen MR) is 63.2 cm³/mol. The molecule has 0 aromatic rings. The van der Waals surface area contributed by atoms with Gasteiger partial charge in [-0.2, -0.15) is 0 Å². The van der Waals surface area contributed by atoms with Crippen LogP contribution in [0.4, 0.5) is 0 Å². The average molecular weight is 228 g/mol. The number of unbranched alkanes of at least 4 members (excludes halogenated alkanes) is 1. The Balaban J connectivity index is 2.32. The lowest BCUT2D eigenvalue weighted by atomic mass is 9.97. The van der Waals surface area contributed by atoms with Crippen molar-refractivity contribution in [3.8, 4) is 0 Å². The van der Waals surface area contributed by atoms with Gasteiger partial charge in [-0.1, -0.05) is 33.1 Å². The van der Waals surface area contributed by atoms with E-state index in [4.69, 9.17) is 9.47 Å². The molecular formula is C13H24O3. The molecule has 3 heteroatoms. The van der Waals surface area contributed by atoms with E-state index in [2.05, 4.69) is 13.8 Å². The minimum atomic E-state index is -0.00852. The molecule has 0 spiro atoms. The largest absolute Gasteiger partial charge is 0.460 e. The first kappa shape index (κ1) is 13.5. The maximum Gasteiger partial charge on any atom is 0.309 e. The summed E-state index contributed by atoms with van der Waals surface area (Å²) in [6, 6.07) is 0. The number of esters is 1. The molecule has 0 radical (unpaired) electrons. The number of ether oxygens (including phenoxy) is 2. The maximum atomic E-state index is 11.9. The molecule has 0 bridgehead atoms. The Labute approximate surface area is 98.5 Å². The van der Waals surface area contributed by atoms with E-state index in [9.17, 15) is 4.79 Å². The van der Waals surface area contributed by atoms with E-state index in [1.807, 2.05) is 0 Å². The molecule has 0 saturated carbocycles. The Morgan fingerprint density at radius 2 is 2.19 bits per heavy atom. The normalized spacial score (nSPS) is 22.0. The van der Waals surface area contributed by atoms with Crippen molar-refractivity contribution in [2.75, 3.05) is 13.2 Å². The number of hydrogen-bond acceptors (Lipinski definition) is 3. The van der Waals surface area contributed by atoms with Gasteiger partial charge in [0.25, 0.3) is 0 Å². The number of hydrogen-bond donors (Lipinski definition) is 0. The molecule has 1 fully saturated rings. The van der Waals surface area contributed by atoms with Crippen LogP contribution in [-0.2, 0) is 14.3 Å². The number of carbonyl (C=O) groups is 1. The van der Waals surface area contributed by atoms with E-state index in [1.54, 1.807) is 0 Å². The second-order valence-electron chi connectivity index (χ2n) is 4.55. The van der Waals surface area contributed by atoms with Crippen LogP contribution in [-0.4, -0.2) is 25.3 Å². The van der Waals surface area contributed by atoms with Crippen LogP contribution in [0.1, 0.15) is 52.4 Å². The highest BCUT2D eigenvalue weighted by Crippen LogP contribution is 2.19. The third kappa shape index (κ3) is 4.52. The Hall–Kier alpha value is -0.570. The lowest BCUT2D eigenvalue weighted by Gasteiger charge is -2.17. The topological polar surface area (TPSA) is 35.5 Å². The van der Waals surface area contributed by atoms with Gasteiger partial charge in [0.2, 0.25) is 0 Å². The molecule has 1 aliphatic rings. The summed E-state index contributed by atoms with van der Waals surface area (Å²) in [7, 11) is 0. The molecule has 0 amide bonds. The molecule has 1 heterocycles. The highest BCUT2D eigenvalue weighted by atomic mass is 16.6. The van der Waals surface area contributed by atoms with Crippen LogP contribution in [0.2, 0.25) is 0 Å². The fourth-order valence-corrected chi connectivity index (χ4v) is 2.05. The molecule has 0 aromatic carbocycles. The van der Waals surface area contributed by atoms with Gasteiger partial charge in [-0.05, 0) is 12.8 Å². The van der Waals surface area contributed by atoms with Crippen LogP contribution >= 0.6 is 0 Å². The van der Waals surface area contributed by atoms with Gasteiger partial charge in [-0.25, -0.2) is 0 Å². The van der Waals surface area contributed by atoms with Crippen LogP contribution in [0.15, 0.2) is 0 Å². The molecule has 1 rings (SSSR count). The fraction of sp³-hybridized carbons (Fsp3) is 0.923. The third-order valence-corrected chi connectivity index (χ3v) is 3.05. The van der Waals surface area contributed by atoms with E-state index >= 15 is 0 Å². The van der Waals surface area contributed by atoms with Crippen molar-refractivity contribution < 1.29 is 14.3 Å². The summed E-state index contributed by atoms with van der Waals surface area (Å²) in [4.78, 5) is 11.9. The standard InChI is InChI=1S/C13H24O3/c1-3-5-7-11(6-4-2)13(14)16-12-8-9-15-10-12/h11-12H,3-10H2,1-2H3/t11?,12-/m0/s1. The highest BCUT2D eigenvalue weighted by Gasteiger charge is 2.24. The molecule has 1 unspecified atom stereocenters. The van der Waals surface area contributed by atoms with Crippen LogP contribution in [0, 0.1) is 5.92 Å². The van der Waals surface area contributed by atoms with Crippen molar-refractivity contribution in [2.45, 2.75) is 58.5 Å². The molecule has 2 atom stereocenters. The summed E-state index contributed by atoms with van der Waals surface area (Å²) in [6.07, 6.45) is 6.08. The molecule has 0 aromatic heterocycles. The van der Waals surface area contributed by atoms with Crippen LogP contribution in [0.3, 0.4) is 0 Å². The summed E-state index contributed by atoms with van der Waals surface area (Å²) >= 11 is 0. The average Bonchev–Trinajstić information content (AvgIpc) is 2.76. The zero-order valence-corrected chi connectivity index (χ0v) is 10.5. The smallest absolute Gasteiger partial charge is 0.309 e. The van der Waals surface area contributed by atoms with Crippen molar-refractivity contribution in [3.63, 3.8) is 0 Å². The molecule has 1 saturated heterocycles. The summed E-state index contributed by atoms with van der Waals surface area (Å²) in [5, 5.41) is 0. The third-order valence-electron chi connectivity index (χ3n) is 3.05. The van der Waals surface area contributed by atoms with Crippen molar-refractivity contribution in [2.24, 2.45) is 5.92 Å². The van der Waals surface area contributed by atoms with E-state index in [0.29, 0.717) is 6.61 Å². The lowest BCUT2D eigenvalue weighted by Crippen LogP contribution is -2.24. The minimum absolute atomic E-state index is 0.00785. The van der Waals surface area contributed by atoms with Gasteiger partial charge in [-0.3, -0.25) is 4.79 Å². The summed E-state index contributed by atoms with van der Waals surface area (Å²) in [5.41, 5.74) is 0. The zero-order valence-electron chi connectivity index (χ0n) is 10.5. The first-order chi connectivity index (χ1) is 7.77. The summed E-state index contributed by atoms with van der Waals surface area (Å²) in [6.45, 7) is 5.58. The van der Waals surface area contributed by atoms with Crippen molar-refractivity contribution in [3.05, 3.63) is 0 Å². The molecule has 16 heavy (non-hydrogen) atoms. The summed E-state index contributed by atoms with van der Waals surface area (Å²) in [5.74, 6) is 0.0938. The Morgan fingerprint density at radius 3 is 2.75 bits per heavy atom. The first-order valence-electron chi connectivity index (χ1n) is 6.56. The second kappa shape index (κ2) is 7.66. The predicted octanol–water partition coefficient (Wildman–Crippen LogP) is 2.93. The van der Waals surface area contributed by atoms with Gasteiger partial charge in [0.05, 0.1) is 19.1 Å². The minimum Gasteiger partial charge on any atom is -0.460 e. The molecular weight excluding hydrogens is 204 g/mol. The maximum absolute atomic E-state index is 11.9. The monoisotopic (exact) mass is 228 g/mol. The Kier molecular flexibility index (Phi) is 6.46. The molecule has 1 aliphatic heterocycles. The van der Waals surface area contributed by atoms with E-state index in [0.717, 1.165) is 45.1 Å². The van der Waals surface area contributed by atoms with Crippen molar-refractivity contribution in [1.82, 2.24) is 0 Å². The van der Waals surface area contributed by atoms with E-state index < -0.39 is 0 Å². The molecule has 0 aliphatic carbocycles. The first-order valence-corrected chi connectivity index (χ1v) is 6.56. The van der Waals surface area contributed by atoms with Gasteiger partial charge < -0.3 is 9.47 Å². The van der Waals surface area contributed by atoms with Gasteiger partial charge in [0.15, 0.2) is 0 Å². The van der Waals surface area contributed by atoms with Crippen LogP contribution in [0.5, 0.6) is 0 Å². The molecule has 94 valence electrons. The highest BCUT2D eigenvalue weighted by molar-refractivity contribution is 5.72. The van der Waals surface area contributed by atoms with Crippen LogP contribution < -0.4 is 0 Å². The van der Waals surface area contributed by atoms with E-state index in [1.165, 1.54) is 0 Å². The Morgan fingerprint density at radius 1 is 1.38 bits per heavy atom. The lowest BCUT2D eigenvalue weighted by molar-refractivity contribution is -0.154. The van der Waals surface area contributed by atoms with Crippen molar-refractivity contribution >= 4 is 5.97 Å². The second-order valence-corrected chi connectivity index (χ2v) is 4.55. The van der Waals surface area contributed by atoms with E-state index in [-0.39, 0.29) is 18.0 Å². The van der Waals surface area contributed by atoms with Gasteiger partial charge >= 0.3 is 5.97 Å². The zero-order chi connectivity index (χ0) is 11.8. The summed E-state index contributed by atoms with van der Waals surface area (Å²) < 4.78 is 10.7. The van der Waals surface area contributed by atoms with Gasteiger partial charge in [0, 0.05) is 6.42 Å². The quantitative estimate of drug-likeness (QED) is 0.628. The van der Waals surface area contributed by atoms with Crippen LogP contribution in [0.25, 0.3) is 0 Å². The van der Waals surface area contributed by atoms with Crippen molar-refractivity contribution in [1.29, 1.82) is 0 Å². The SMILES string of the molecule is CCCCC(CCC)C(=O)O[C@H]1CCOC1. The molecule has 3 nitrogen and oxygen atoms in total. The van der Waals surface area contributed by atoms with Gasteiger partial charge in [0.1, 0.15) is 6.10 Å². The van der Waals surface area contributed by atoms with Gasteiger partial charge in [-0.15, -0.1) is 0 Å². The fourth-order valence-electron chi connectivity index (χ4n) is 2.05. The number of carbonyl (C=O) groups excluding carboxylic acids is 1. The Bertz CT molecular complexity index is 197. The molecule has 0 N–H and O–H groups in total.